The summed E-state index contributed by atoms with van der Waals surface area (Å²) in [6.07, 6.45) is 2.50. The zero-order chi connectivity index (χ0) is 12.4. The average molecular weight is 229 g/mol. The topological polar surface area (TPSA) is 70.2 Å². The molecule has 2 aromatic rings. The van der Waals surface area contributed by atoms with Crippen molar-refractivity contribution in [3.63, 3.8) is 0 Å². The summed E-state index contributed by atoms with van der Waals surface area (Å²) in [6.45, 7) is 1.82. The summed E-state index contributed by atoms with van der Waals surface area (Å²) in [7, 11) is 0. The molecule has 1 aromatic heterocycles. The first kappa shape index (κ1) is 11.1. The fraction of sp³-hybridized carbons (Fsp3) is 0.0769. The molecule has 0 atom stereocenters. The Morgan fingerprint density at radius 1 is 1.35 bits per heavy atom. The summed E-state index contributed by atoms with van der Waals surface area (Å²) in [4.78, 5) is 25.2. The zero-order valence-corrected chi connectivity index (χ0v) is 9.23. The largest absolute Gasteiger partial charge is 0.478 e. The molecule has 17 heavy (non-hydrogen) atoms. The summed E-state index contributed by atoms with van der Waals surface area (Å²) < 4.78 is 0. The molecule has 0 fully saturated rings. The van der Waals surface area contributed by atoms with Crippen LogP contribution in [0.2, 0.25) is 0 Å². The Bertz CT molecular complexity index is 668. The van der Waals surface area contributed by atoms with Gasteiger partial charge in [0.1, 0.15) is 0 Å². The van der Waals surface area contributed by atoms with Crippen molar-refractivity contribution in [2.75, 3.05) is 0 Å². The minimum atomic E-state index is -1.01. The maximum absolute atomic E-state index is 11.7. The molecule has 0 aliphatic heterocycles. The Morgan fingerprint density at radius 2 is 2.12 bits per heavy atom. The Balaban J connectivity index is 2.58. The van der Waals surface area contributed by atoms with E-state index in [4.69, 9.17) is 5.11 Å². The molecule has 0 aliphatic carbocycles. The maximum Gasteiger partial charge on any atom is 0.328 e. The van der Waals surface area contributed by atoms with Gasteiger partial charge in [-0.25, -0.2) is 4.79 Å². The number of carboxylic acid groups (broad SMARTS) is 1. The molecule has 0 amide bonds. The Kier molecular flexibility index (Phi) is 2.78. The number of pyridine rings is 1. The van der Waals surface area contributed by atoms with Crippen molar-refractivity contribution in [1.29, 1.82) is 0 Å². The predicted molar refractivity (Wildman–Crippen MR) is 66.0 cm³/mol. The van der Waals surface area contributed by atoms with E-state index < -0.39 is 5.97 Å². The molecule has 4 nitrogen and oxygen atoms in total. The van der Waals surface area contributed by atoms with E-state index in [2.05, 4.69) is 4.98 Å². The molecular formula is C13H11NO3. The van der Waals surface area contributed by atoms with Crippen LogP contribution in [-0.4, -0.2) is 16.1 Å². The van der Waals surface area contributed by atoms with Crippen LogP contribution in [0.15, 0.2) is 35.1 Å². The van der Waals surface area contributed by atoms with Crippen LogP contribution in [0.1, 0.15) is 11.3 Å². The quantitative estimate of drug-likeness (QED) is 0.773. The second kappa shape index (κ2) is 4.25. The number of carbonyl (C=O) groups is 1. The highest BCUT2D eigenvalue weighted by Crippen LogP contribution is 2.12. The first-order valence-corrected chi connectivity index (χ1v) is 5.11. The Labute approximate surface area is 97.2 Å². The molecule has 0 unspecified atom stereocenters. The molecule has 2 N–H and O–H groups in total. The fourth-order valence-electron chi connectivity index (χ4n) is 1.67. The SMILES string of the molecule is Cc1cc(=O)c2cc(C=CC(=O)O)ccc2[nH]1. The average Bonchev–Trinajstić information content (AvgIpc) is 2.26. The van der Waals surface area contributed by atoms with Crippen LogP contribution in [0.5, 0.6) is 0 Å². The fourth-order valence-corrected chi connectivity index (χ4v) is 1.67. The van der Waals surface area contributed by atoms with Crippen molar-refractivity contribution in [2.24, 2.45) is 0 Å². The lowest BCUT2D eigenvalue weighted by Gasteiger charge is -2.01. The van der Waals surface area contributed by atoms with E-state index >= 15 is 0 Å². The number of H-pyrrole nitrogens is 1. The van der Waals surface area contributed by atoms with Gasteiger partial charge in [-0.1, -0.05) is 6.07 Å². The minimum Gasteiger partial charge on any atom is -0.478 e. The molecule has 86 valence electrons. The number of aryl methyl sites for hydroxylation is 1. The smallest absolute Gasteiger partial charge is 0.328 e. The predicted octanol–water partition coefficient (Wildman–Crippen LogP) is 1.93. The van der Waals surface area contributed by atoms with Gasteiger partial charge in [0.05, 0.1) is 0 Å². The number of hydrogen-bond donors (Lipinski definition) is 2. The van der Waals surface area contributed by atoms with Gasteiger partial charge in [-0.2, -0.15) is 0 Å². The maximum atomic E-state index is 11.7. The third-order valence-corrected chi connectivity index (χ3v) is 2.41. The molecule has 1 heterocycles. The molecular weight excluding hydrogens is 218 g/mol. The van der Waals surface area contributed by atoms with Crippen molar-refractivity contribution in [2.45, 2.75) is 6.92 Å². The van der Waals surface area contributed by atoms with E-state index in [1.807, 2.05) is 6.92 Å². The number of carboxylic acids is 1. The molecule has 1 aromatic carbocycles. The molecule has 0 saturated carbocycles. The first-order chi connectivity index (χ1) is 8.06. The van der Waals surface area contributed by atoms with Crippen LogP contribution in [0.4, 0.5) is 0 Å². The van der Waals surface area contributed by atoms with Gasteiger partial charge in [-0.3, -0.25) is 4.79 Å². The van der Waals surface area contributed by atoms with Crippen molar-refractivity contribution in [1.82, 2.24) is 4.98 Å². The number of aromatic nitrogens is 1. The lowest BCUT2D eigenvalue weighted by molar-refractivity contribution is -0.131. The van der Waals surface area contributed by atoms with Gasteiger partial charge in [-0.15, -0.1) is 0 Å². The normalized spacial score (nSPS) is 11.1. The Morgan fingerprint density at radius 3 is 2.82 bits per heavy atom. The molecule has 0 aliphatic rings. The lowest BCUT2D eigenvalue weighted by Crippen LogP contribution is -2.02. The summed E-state index contributed by atoms with van der Waals surface area (Å²) in [5.74, 6) is -1.01. The zero-order valence-electron chi connectivity index (χ0n) is 9.23. The van der Waals surface area contributed by atoms with E-state index in [9.17, 15) is 9.59 Å². The van der Waals surface area contributed by atoms with Crippen LogP contribution >= 0.6 is 0 Å². The van der Waals surface area contributed by atoms with Crippen molar-refractivity contribution in [3.05, 3.63) is 51.8 Å². The first-order valence-electron chi connectivity index (χ1n) is 5.11. The van der Waals surface area contributed by atoms with Gasteiger partial charge in [0.15, 0.2) is 5.43 Å². The van der Waals surface area contributed by atoms with Crippen molar-refractivity contribution >= 4 is 22.9 Å². The number of aromatic amines is 1. The molecule has 0 radical (unpaired) electrons. The third kappa shape index (κ3) is 2.42. The van der Waals surface area contributed by atoms with Crippen LogP contribution in [0.3, 0.4) is 0 Å². The highest BCUT2D eigenvalue weighted by atomic mass is 16.4. The van der Waals surface area contributed by atoms with Gasteiger partial charge >= 0.3 is 5.97 Å². The molecule has 2 rings (SSSR count). The highest BCUT2D eigenvalue weighted by Gasteiger charge is 2.00. The standard InChI is InChI=1S/C13H11NO3/c1-8-6-12(15)10-7-9(3-5-13(16)17)2-4-11(10)14-8/h2-7H,1H3,(H,14,15)(H,16,17). The van der Waals surface area contributed by atoms with Gasteiger partial charge < -0.3 is 10.1 Å². The van der Waals surface area contributed by atoms with Crippen LogP contribution < -0.4 is 5.43 Å². The van der Waals surface area contributed by atoms with Gasteiger partial charge in [0.25, 0.3) is 0 Å². The number of nitrogens with one attached hydrogen (secondary N) is 1. The van der Waals surface area contributed by atoms with E-state index in [0.717, 1.165) is 17.3 Å². The number of rotatable bonds is 2. The highest BCUT2D eigenvalue weighted by molar-refractivity contribution is 5.87. The molecule has 0 bridgehead atoms. The number of hydrogen-bond acceptors (Lipinski definition) is 2. The van der Waals surface area contributed by atoms with Crippen LogP contribution in [0.25, 0.3) is 17.0 Å². The van der Waals surface area contributed by atoms with Crippen LogP contribution in [0, 0.1) is 6.92 Å². The van der Waals surface area contributed by atoms with Crippen molar-refractivity contribution < 1.29 is 9.90 Å². The summed E-state index contributed by atoms with van der Waals surface area (Å²) in [5, 5.41) is 9.08. The van der Waals surface area contributed by atoms with Crippen LogP contribution in [-0.2, 0) is 4.79 Å². The van der Waals surface area contributed by atoms with Gasteiger partial charge in [-0.05, 0) is 30.7 Å². The van der Waals surface area contributed by atoms with Crippen molar-refractivity contribution in [3.8, 4) is 0 Å². The number of fused-ring (bicyclic) bond motifs is 1. The lowest BCUT2D eigenvalue weighted by atomic mass is 10.1. The van der Waals surface area contributed by atoms with Gasteiger partial charge in [0.2, 0.25) is 0 Å². The summed E-state index contributed by atoms with van der Waals surface area (Å²) in [6, 6.07) is 6.72. The second-order valence-electron chi connectivity index (χ2n) is 3.79. The molecule has 0 saturated heterocycles. The van der Waals surface area contributed by atoms with E-state index in [1.165, 1.54) is 12.1 Å². The summed E-state index contributed by atoms with van der Waals surface area (Å²) >= 11 is 0. The van der Waals surface area contributed by atoms with E-state index in [-0.39, 0.29) is 5.43 Å². The molecule has 0 spiro atoms. The van der Waals surface area contributed by atoms with Gasteiger partial charge in [0, 0.05) is 28.7 Å². The van der Waals surface area contributed by atoms with E-state index in [0.29, 0.717) is 10.9 Å². The monoisotopic (exact) mass is 229 g/mol. The third-order valence-electron chi connectivity index (χ3n) is 2.41. The summed E-state index contributed by atoms with van der Waals surface area (Å²) in [5.41, 5.74) is 2.18. The molecule has 4 heteroatoms. The Hall–Kier alpha value is -2.36. The minimum absolute atomic E-state index is 0.0678. The van der Waals surface area contributed by atoms with E-state index in [1.54, 1.807) is 18.2 Å². The number of benzene rings is 1. The second-order valence-corrected chi connectivity index (χ2v) is 3.79. The number of aliphatic carboxylic acids is 1.